The molecule has 1 fully saturated rings. The molecule has 1 amide bonds. The van der Waals surface area contributed by atoms with E-state index in [2.05, 4.69) is 33.4 Å². The molecule has 1 aromatic rings. The molecule has 0 aromatic heterocycles. The number of nitrogens with zero attached hydrogens (tertiary/aromatic N) is 1. The van der Waals surface area contributed by atoms with Crippen LogP contribution in [0.1, 0.15) is 24.8 Å². The molecule has 5 heteroatoms. The van der Waals surface area contributed by atoms with E-state index in [0.29, 0.717) is 5.91 Å². The number of rotatable bonds is 7. The third-order valence-corrected chi connectivity index (χ3v) is 4.12. The van der Waals surface area contributed by atoms with Crippen molar-refractivity contribution < 1.29 is 9.53 Å². The molecule has 0 unspecified atom stereocenters. The van der Waals surface area contributed by atoms with Crippen molar-refractivity contribution in [3.63, 3.8) is 0 Å². The summed E-state index contributed by atoms with van der Waals surface area (Å²) in [7, 11) is 1.66. The van der Waals surface area contributed by atoms with Crippen LogP contribution in [-0.4, -0.2) is 37.6 Å². The van der Waals surface area contributed by atoms with Crippen molar-refractivity contribution in [2.24, 2.45) is 0 Å². The third-order valence-electron chi connectivity index (χ3n) is 3.50. The predicted molar refractivity (Wildman–Crippen MR) is 82.8 cm³/mol. The van der Waals surface area contributed by atoms with Gasteiger partial charge in [0.15, 0.2) is 0 Å². The van der Waals surface area contributed by atoms with Crippen molar-refractivity contribution in [3.8, 4) is 5.75 Å². The average Bonchev–Trinajstić information content (AvgIpc) is 2.84. The zero-order valence-corrected chi connectivity index (χ0v) is 13.4. The molecular weight excluding hydrogens is 320 g/mol. The summed E-state index contributed by atoms with van der Waals surface area (Å²) in [6.07, 6.45) is 2.75. The molecule has 1 N–H and O–H groups in total. The summed E-state index contributed by atoms with van der Waals surface area (Å²) in [6, 6.07) is 6.08. The van der Waals surface area contributed by atoms with Crippen LogP contribution in [0.4, 0.5) is 0 Å². The Balaban J connectivity index is 1.65. The summed E-state index contributed by atoms with van der Waals surface area (Å²) < 4.78 is 6.18. The fourth-order valence-corrected chi connectivity index (χ4v) is 2.98. The SMILES string of the molecule is COc1ccc(CNCCCN2CCCC2=O)cc1Br. The molecule has 1 heterocycles. The Hall–Kier alpha value is -1.07. The third kappa shape index (κ3) is 4.21. The van der Waals surface area contributed by atoms with Crippen LogP contribution in [0.2, 0.25) is 0 Å². The van der Waals surface area contributed by atoms with Crippen molar-refractivity contribution in [1.82, 2.24) is 10.2 Å². The lowest BCUT2D eigenvalue weighted by atomic mass is 10.2. The van der Waals surface area contributed by atoms with Crippen LogP contribution in [0.3, 0.4) is 0 Å². The van der Waals surface area contributed by atoms with Gasteiger partial charge in [-0.15, -0.1) is 0 Å². The number of likely N-dealkylation sites (tertiary alicyclic amines) is 1. The summed E-state index contributed by atoms with van der Waals surface area (Å²) in [5.41, 5.74) is 1.22. The molecule has 110 valence electrons. The Morgan fingerprint density at radius 2 is 2.30 bits per heavy atom. The molecular formula is C15H21BrN2O2. The fraction of sp³-hybridized carbons (Fsp3) is 0.533. The van der Waals surface area contributed by atoms with Gasteiger partial charge >= 0.3 is 0 Å². The van der Waals surface area contributed by atoms with Gasteiger partial charge in [-0.3, -0.25) is 4.79 Å². The van der Waals surface area contributed by atoms with E-state index >= 15 is 0 Å². The van der Waals surface area contributed by atoms with Crippen molar-refractivity contribution >= 4 is 21.8 Å². The smallest absolute Gasteiger partial charge is 0.222 e. The molecule has 0 bridgehead atoms. The van der Waals surface area contributed by atoms with Crippen molar-refractivity contribution in [2.75, 3.05) is 26.7 Å². The number of ether oxygens (including phenoxy) is 1. The van der Waals surface area contributed by atoms with Crippen LogP contribution in [0.15, 0.2) is 22.7 Å². The van der Waals surface area contributed by atoms with E-state index in [1.807, 2.05) is 11.0 Å². The molecule has 0 saturated carbocycles. The maximum Gasteiger partial charge on any atom is 0.222 e. The van der Waals surface area contributed by atoms with Gasteiger partial charge in [-0.2, -0.15) is 0 Å². The second kappa shape index (κ2) is 7.64. The Morgan fingerprint density at radius 1 is 1.45 bits per heavy atom. The number of benzene rings is 1. The van der Waals surface area contributed by atoms with Gasteiger partial charge in [0.2, 0.25) is 5.91 Å². The van der Waals surface area contributed by atoms with E-state index in [1.54, 1.807) is 7.11 Å². The quantitative estimate of drug-likeness (QED) is 0.775. The van der Waals surface area contributed by atoms with E-state index in [1.165, 1.54) is 5.56 Å². The number of methoxy groups -OCH3 is 1. The highest BCUT2D eigenvalue weighted by atomic mass is 79.9. The van der Waals surface area contributed by atoms with Gasteiger partial charge in [0.05, 0.1) is 11.6 Å². The molecule has 2 rings (SSSR count). The van der Waals surface area contributed by atoms with Crippen molar-refractivity contribution in [2.45, 2.75) is 25.8 Å². The highest BCUT2D eigenvalue weighted by molar-refractivity contribution is 9.10. The van der Waals surface area contributed by atoms with Gasteiger partial charge in [0, 0.05) is 26.1 Å². The van der Waals surface area contributed by atoms with E-state index in [9.17, 15) is 4.79 Å². The Labute approximate surface area is 128 Å². The second-order valence-corrected chi connectivity index (χ2v) is 5.84. The number of nitrogens with one attached hydrogen (secondary N) is 1. The first kappa shape index (κ1) is 15.3. The lowest BCUT2D eigenvalue weighted by Gasteiger charge is -2.15. The summed E-state index contributed by atoms with van der Waals surface area (Å²) in [6.45, 7) is 3.56. The molecule has 1 aromatic carbocycles. The highest BCUT2D eigenvalue weighted by Crippen LogP contribution is 2.25. The van der Waals surface area contributed by atoms with Crippen molar-refractivity contribution in [3.05, 3.63) is 28.2 Å². The van der Waals surface area contributed by atoms with Gasteiger partial charge in [-0.05, 0) is 53.0 Å². The minimum Gasteiger partial charge on any atom is -0.496 e. The average molecular weight is 341 g/mol. The molecule has 4 nitrogen and oxygen atoms in total. The topological polar surface area (TPSA) is 41.6 Å². The van der Waals surface area contributed by atoms with Crippen LogP contribution < -0.4 is 10.1 Å². The molecule has 1 aliphatic heterocycles. The van der Waals surface area contributed by atoms with Crippen LogP contribution in [-0.2, 0) is 11.3 Å². The monoisotopic (exact) mass is 340 g/mol. The molecule has 0 radical (unpaired) electrons. The summed E-state index contributed by atoms with van der Waals surface area (Å²) in [5, 5.41) is 3.41. The molecule has 0 spiro atoms. The Morgan fingerprint density at radius 3 is 2.95 bits per heavy atom. The number of carbonyl (C=O) groups is 1. The number of amides is 1. The summed E-state index contributed by atoms with van der Waals surface area (Å²) in [4.78, 5) is 13.4. The fourth-order valence-electron chi connectivity index (χ4n) is 2.39. The maximum atomic E-state index is 11.4. The zero-order valence-electron chi connectivity index (χ0n) is 11.8. The predicted octanol–water partition coefficient (Wildman–Crippen LogP) is 2.56. The lowest BCUT2D eigenvalue weighted by Crippen LogP contribution is -2.28. The van der Waals surface area contributed by atoms with Gasteiger partial charge in [0.1, 0.15) is 5.75 Å². The normalized spacial score (nSPS) is 14.9. The number of carbonyl (C=O) groups excluding carboxylic acids is 1. The van der Waals surface area contributed by atoms with Gasteiger partial charge in [0.25, 0.3) is 0 Å². The summed E-state index contributed by atoms with van der Waals surface area (Å²) >= 11 is 3.48. The molecule has 1 saturated heterocycles. The van der Waals surface area contributed by atoms with Crippen LogP contribution in [0.5, 0.6) is 5.75 Å². The zero-order chi connectivity index (χ0) is 14.4. The first-order chi connectivity index (χ1) is 9.70. The number of halogens is 1. The largest absolute Gasteiger partial charge is 0.496 e. The Kier molecular flexibility index (Phi) is 5.86. The maximum absolute atomic E-state index is 11.4. The van der Waals surface area contributed by atoms with Crippen LogP contribution >= 0.6 is 15.9 Å². The van der Waals surface area contributed by atoms with E-state index in [0.717, 1.165) is 55.7 Å². The highest BCUT2D eigenvalue weighted by Gasteiger charge is 2.18. The lowest BCUT2D eigenvalue weighted by molar-refractivity contribution is -0.127. The van der Waals surface area contributed by atoms with E-state index in [-0.39, 0.29) is 0 Å². The van der Waals surface area contributed by atoms with E-state index < -0.39 is 0 Å². The molecule has 20 heavy (non-hydrogen) atoms. The minimum absolute atomic E-state index is 0.309. The van der Waals surface area contributed by atoms with Crippen molar-refractivity contribution in [1.29, 1.82) is 0 Å². The number of hydrogen-bond donors (Lipinski definition) is 1. The molecule has 0 atom stereocenters. The summed E-state index contributed by atoms with van der Waals surface area (Å²) in [5.74, 6) is 1.16. The minimum atomic E-state index is 0.309. The first-order valence-electron chi connectivity index (χ1n) is 7.01. The molecule has 0 aliphatic carbocycles. The van der Waals surface area contributed by atoms with E-state index in [4.69, 9.17) is 4.74 Å². The standard InChI is InChI=1S/C15H21BrN2O2/c1-20-14-6-5-12(10-13(14)16)11-17-7-3-9-18-8-2-4-15(18)19/h5-6,10,17H,2-4,7-9,11H2,1H3. The first-order valence-corrected chi connectivity index (χ1v) is 7.81. The second-order valence-electron chi connectivity index (χ2n) is 4.98. The van der Waals surface area contributed by atoms with Gasteiger partial charge in [-0.25, -0.2) is 0 Å². The number of hydrogen-bond acceptors (Lipinski definition) is 3. The van der Waals surface area contributed by atoms with Gasteiger partial charge in [-0.1, -0.05) is 6.07 Å². The Bertz CT molecular complexity index is 465. The van der Waals surface area contributed by atoms with Crippen LogP contribution in [0.25, 0.3) is 0 Å². The van der Waals surface area contributed by atoms with Gasteiger partial charge < -0.3 is 15.0 Å². The molecule has 1 aliphatic rings. The van der Waals surface area contributed by atoms with Crippen LogP contribution in [0, 0.1) is 0 Å².